The first kappa shape index (κ1) is 22.2. The molecule has 1 atom stereocenters. The Morgan fingerprint density at radius 2 is 1.69 bits per heavy atom. The Hall–Kier alpha value is -3.07. The Morgan fingerprint density at radius 3 is 2.24 bits per heavy atom. The number of hydrogen-bond acceptors (Lipinski definition) is 6. The summed E-state index contributed by atoms with van der Waals surface area (Å²) in [6.07, 6.45) is 1.02. The second kappa shape index (κ2) is 8.95. The van der Waals surface area contributed by atoms with E-state index in [9.17, 15) is 18.0 Å². The molecule has 0 saturated carbocycles. The maximum Gasteiger partial charge on any atom is 0.247 e. The summed E-state index contributed by atoms with van der Waals surface area (Å²) in [5, 5.41) is 2.66. The van der Waals surface area contributed by atoms with Crippen LogP contribution in [0.4, 0.5) is 11.4 Å². The Labute approximate surface area is 170 Å². The van der Waals surface area contributed by atoms with Crippen LogP contribution in [-0.2, 0) is 14.8 Å². The van der Waals surface area contributed by atoms with Crippen molar-refractivity contribution in [3.63, 3.8) is 0 Å². The number of rotatable bonds is 8. The van der Waals surface area contributed by atoms with Crippen molar-refractivity contribution in [3.8, 4) is 11.5 Å². The van der Waals surface area contributed by atoms with E-state index in [1.807, 2.05) is 0 Å². The minimum Gasteiger partial charge on any atom is -0.493 e. The molecular formula is C20H24N2O6S. The van der Waals surface area contributed by atoms with Crippen LogP contribution in [0, 0.1) is 0 Å². The normalized spacial score (nSPS) is 12.0. The van der Waals surface area contributed by atoms with Gasteiger partial charge in [0.1, 0.15) is 6.04 Å². The highest BCUT2D eigenvalue weighted by Crippen LogP contribution is 2.33. The number of carbonyl (C=O) groups is 2. The molecular weight excluding hydrogens is 396 g/mol. The number of carbonyl (C=O) groups excluding carboxylic acids is 2. The van der Waals surface area contributed by atoms with E-state index in [2.05, 4.69) is 5.32 Å². The summed E-state index contributed by atoms with van der Waals surface area (Å²) in [5.74, 6) is 0.0754. The molecule has 0 aromatic heterocycles. The van der Waals surface area contributed by atoms with Crippen molar-refractivity contribution in [2.45, 2.75) is 19.9 Å². The molecule has 2 aromatic rings. The highest BCUT2D eigenvalue weighted by Gasteiger charge is 2.30. The van der Waals surface area contributed by atoms with Gasteiger partial charge in [-0.05, 0) is 38.1 Å². The van der Waals surface area contributed by atoms with Crippen LogP contribution in [0.25, 0.3) is 0 Å². The van der Waals surface area contributed by atoms with E-state index in [-0.39, 0.29) is 11.5 Å². The second-order valence-electron chi connectivity index (χ2n) is 6.40. The molecule has 1 N–H and O–H groups in total. The number of ether oxygens (including phenoxy) is 2. The third kappa shape index (κ3) is 5.26. The molecule has 0 spiro atoms. The van der Waals surface area contributed by atoms with Gasteiger partial charge in [-0.15, -0.1) is 0 Å². The van der Waals surface area contributed by atoms with Gasteiger partial charge in [0, 0.05) is 17.3 Å². The fourth-order valence-electron chi connectivity index (χ4n) is 2.83. The van der Waals surface area contributed by atoms with Crippen molar-refractivity contribution in [2.75, 3.05) is 30.1 Å². The van der Waals surface area contributed by atoms with E-state index >= 15 is 0 Å². The van der Waals surface area contributed by atoms with Crippen molar-refractivity contribution in [1.82, 2.24) is 0 Å². The number of benzene rings is 2. The van der Waals surface area contributed by atoms with Gasteiger partial charge in [0.2, 0.25) is 15.9 Å². The van der Waals surface area contributed by atoms with Gasteiger partial charge in [0.15, 0.2) is 17.3 Å². The lowest BCUT2D eigenvalue weighted by atomic mass is 10.1. The van der Waals surface area contributed by atoms with Crippen molar-refractivity contribution in [1.29, 1.82) is 0 Å². The molecule has 1 amide bonds. The van der Waals surface area contributed by atoms with Crippen LogP contribution in [0.15, 0.2) is 42.5 Å². The molecule has 2 rings (SSSR count). The highest BCUT2D eigenvalue weighted by atomic mass is 32.2. The molecule has 0 heterocycles. The highest BCUT2D eigenvalue weighted by molar-refractivity contribution is 7.92. The summed E-state index contributed by atoms with van der Waals surface area (Å²) in [7, 11) is -0.894. The first-order valence-corrected chi connectivity index (χ1v) is 10.6. The largest absolute Gasteiger partial charge is 0.493 e. The molecule has 29 heavy (non-hydrogen) atoms. The van der Waals surface area contributed by atoms with Gasteiger partial charge < -0.3 is 14.8 Å². The number of ketones is 1. The number of Topliss-reactive ketones (excluding diaryl/α,β-unsaturated/α-hetero) is 1. The standard InChI is InChI=1S/C20H24N2O6S/c1-13(20(24)21-16-8-6-7-15(11-16)14(2)23)22(29(5,25)26)17-9-10-18(27-3)19(12-17)28-4/h6-13H,1-5H3,(H,21,24)/t13-/m0/s1. The lowest BCUT2D eigenvalue weighted by molar-refractivity contribution is -0.116. The second-order valence-corrected chi connectivity index (χ2v) is 8.26. The van der Waals surface area contributed by atoms with Gasteiger partial charge in [-0.2, -0.15) is 0 Å². The number of nitrogens with zero attached hydrogens (tertiary/aromatic N) is 1. The molecule has 0 unspecified atom stereocenters. The maximum atomic E-state index is 12.8. The summed E-state index contributed by atoms with van der Waals surface area (Å²) in [6.45, 7) is 2.90. The summed E-state index contributed by atoms with van der Waals surface area (Å²) in [5.41, 5.74) is 1.09. The summed E-state index contributed by atoms with van der Waals surface area (Å²) in [4.78, 5) is 24.3. The lowest BCUT2D eigenvalue weighted by Gasteiger charge is -2.28. The monoisotopic (exact) mass is 420 g/mol. The van der Waals surface area contributed by atoms with E-state index in [0.29, 0.717) is 22.7 Å². The van der Waals surface area contributed by atoms with E-state index in [1.54, 1.807) is 24.3 Å². The molecule has 0 fully saturated rings. The van der Waals surface area contributed by atoms with E-state index < -0.39 is 22.0 Å². The minimum atomic E-state index is -3.80. The van der Waals surface area contributed by atoms with Gasteiger partial charge in [0.25, 0.3) is 0 Å². The number of hydrogen-bond donors (Lipinski definition) is 1. The summed E-state index contributed by atoms with van der Waals surface area (Å²) < 4.78 is 36.3. The zero-order valence-electron chi connectivity index (χ0n) is 16.9. The number of nitrogens with one attached hydrogen (secondary N) is 1. The van der Waals surface area contributed by atoms with Crippen LogP contribution >= 0.6 is 0 Å². The minimum absolute atomic E-state index is 0.141. The average molecular weight is 420 g/mol. The predicted octanol–water partition coefficient (Wildman–Crippen LogP) is 2.70. The first-order valence-electron chi connectivity index (χ1n) is 8.71. The summed E-state index contributed by atoms with van der Waals surface area (Å²) >= 11 is 0. The lowest BCUT2D eigenvalue weighted by Crippen LogP contribution is -2.45. The fraction of sp³-hybridized carbons (Fsp3) is 0.300. The quantitative estimate of drug-likeness (QED) is 0.659. The average Bonchev–Trinajstić information content (AvgIpc) is 2.66. The number of anilines is 2. The SMILES string of the molecule is COc1ccc(N([C@@H](C)C(=O)Nc2cccc(C(C)=O)c2)S(C)(=O)=O)cc1OC. The Balaban J connectivity index is 2.37. The maximum absolute atomic E-state index is 12.8. The zero-order valence-corrected chi connectivity index (χ0v) is 17.7. The first-order chi connectivity index (χ1) is 13.6. The van der Waals surface area contributed by atoms with Crippen molar-refractivity contribution >= 4 is 33.1 Å². The number of methoxy groups -OCH3 is 2. The van der Waals surface area contributed by atoms with Gasteiger partial charge in [-0.3, -0.25) is 13.9 Å². The third-order valence-electron chi connectivity index (χ3n) is 4.25. The number of sulfonamides is 1. The smallest absolute Gasteiger partial charge is 0.247 e. The van der Waals surface area contributed by atoms with Gasteiger partial charge in [-0.1, -0.05) is 12.1 Å². The van der Waals surface area contributed by atoms with E-state index in [0.717, 1.165) is 10.6 Å². The van der Waals surface area contributed by atoms with Crippen LogP contribution in [0.1, 0.15) is 24.2 Å². The third-order valence-corrected chi connectivity index (χ3v) is 5.49. The van der Waals surface area contributed by atoms with E-state index in [4.69, 9.17) is 9.47 Å². The molecule has 2 aromatic carbocycles. The van der Waals surface area contributed by atoms with Crippen molar-refractivity contribution in [3.05, 3.63) is 48.0 Å². The van der Waals surface area contributed by atoms with Gasteiger partial charge in [0.05, 0.1) is 26.2 Å². The summed E-state index contributed by atoms with van der Waals surface area (Å²) in [6, 6.07) is 9.94. The molecule has 9 heteroatoms. The molecule has 0 aliphatic rings. The number of amides is 1. The van der Waals surface area contributed by atoms with Crippen LogP contribution in [-0.4, -0.2) is 46.6 Å². The molecule has 8 nitrogen and oxygen atoms in total. The molecule has 156 valence electrons. The van der Waals surface area contributed by atoms with Crippen LogP contribution in [0.5, 0.6) is 11.5 Å². The molecule has 0 saturated heterocycles. The predicted molar refractivity (Wildman–Crippen MR) is 111 cm³/mol. The van der Waals surface area contributed by atoms with Gasteiger partial charge >= 0.3 is 0 Å². The van der Waals surface area contributed by atoms with E-state index in [1.165, 1.54) is 46.3 Å². The Morgan fingerprint density at radius 1 is 1.03 bits per heavy atom. The van der Waals surface area contributed by atoms with Crippen molar-refractivity contribution < 1.29 is 27.5 Å². The Bertz CT molecular complexity index is 1020. The molecule has 0 radical (unpaired) electrons. The van der Waals surface area contributed by atoms with Crippen LogP contribution in [0.3, 0.4) is 0 Å². The van der Waals surface area contributed by atoms with Crippen LogP contribution in [0.2, 0.25) is 0 Å². The zero-order chi connectivity index (χ0) is 21.8. The molecule has 0 bridgehead atoms. The fourth-order valence-corrected chi connectivity index (χ4v) is 4.00. The topological polar surface area (TPSA) is 102 Å². The van der Waals surface area contributed by atoms with Gasteiger partial charge in [-0.25, -0.2) is 8.42 Å². The Kier molecular flexibility index (Phi) is 6.86. The molecule has 0 aliphatic carbocycles. The molecule has 0 aliphatic heterocycles. The van der Waals surface area contributed by atoms with Crippen molar-refractivity contribution in [2.24, 2.45) is 0 Å². The van der Waals surface area contributed by atoms with Crippen LogP contribution < -0.4 is 19.1 Å².